The molecule has 2 rings (SSSR count). The van der Waals surface area contributed by atoms with Gasteiger partial charge in [-0.05, 0) is 0 Å². The van der Waals surface area contributed by atoms with Gasteiger partial charge in [-0.2, -0.15) is 0 Å². The molecule has 0 N–H and O–H groups in total. The van der Waals surface area contributed by atoms with Crippen LogP contribution in [0.3, 0.4) is 0 Å². The minimum absolute atomic E-state index is 0.103. The van der Waals surface area contributed by atoms with Crippen molar-refractivity contribution in [3.8, 4) is 11.1 Å². The molecule has 0 amide bonds. The van der Waals surface area contributed by atoms with Crippen LogP contribution in [0.15, 0.2) is 54.6 Å². The van der Waals surface area contributed by atoms with Crippen LogP contribution in [0.1, 0.15) is 5.56 Å². The van der Waals surface area contributed by atoms with E-state index in [0.717, 1.165) is 16.7 Å². The fourth-order valence-electron chi connectivity index (χ4n) is 1.59. The molecule has 0 saturated heterocycles. The molecule has 2 aromatic rings. The molecule has 0 spiro atoms. The van der Waals surface area contributed by atoms with Crippen molar-refractivity contribution < 1.29 is 13.2 Å². The molecule has 0 nitrogen and oxygen atoms in total. The molecule has 0 saturated carbocycles. The summed E-state index contributed by atoms with van der Waals surface area (Å²) < 4.78 is 36.3. The van der Waals surface area contributed by atoms with Gasteiger partial charge in [0.15, 0.2) is 0 Å². The summed E-state index contributed by atoms with van der Waals surface area (Å²) in [5, 5.41) is -3.92. The summed E-state index contributed by atoms with van der Waals surface area (Å²) in [5.41, 5.74) is 2.84. The molecular weight excluding hydrogens is 304 g/mol. The van der Waals surface area contributed by atoms with Crippen molar-refractivity contribution in [3.05, 3.63) is 60.2 Å². The number of hydrogen-bond donors (Lipinski definition) is 0. The van der Waals surface area contributed by atoms with E-state index in [0.29, 0.717) is 0 Å². The SMILES string of the molecule is FC(F)(F)[Se]Cc1ccc(-c2ccccc2)cc1. The molecule has 0 aromatic heterocycles. The molecule has 0 aliphatic heterocycles. The zero-order valence-corrected chi connectivity index (χ0v) is 11.2. The van der Waals surface area contributed by atoms with E-state index in [1.165, 1.54) is 0 Å². The Hall–Kier alpha value is -1.25. The Labute approximate surface area is 110 Å². The van der Waals surface area contributed by atoms with Crippen LogP contribution in [-0.4, -0.2) is 20.0 Å². The normalized spacial score (nSPS) is 11.5. The summed E-state index contributed by atoms with van der Waals surface area (Å²) >= 11 is -1.33. The fraction of sp³-hybridized carbons (Fsp3) is 0.143. The molecule has 0 aliphatic carbocycles. The molecule has 0 fully saturated rings. The van der Waals surface area contributed by atoms with E-state index in [1.54, 1.807) is 12.1 Å². The number of benzene rings is 2. The Bertz CT molecular complexity index is 489. The summed E-state index contributed by atoms with van der Waals surface area (Å²) in [5.74, 6) is 0. The molecular formula is C14H11F3Se. The molecule has 94 valence electrons. The van der Waals surface area contributed by atoms with Crippen LogP contribution in [0.2, 0.25) is 0 Å². The molecule has 0 bridgehead atoms. The topological polar surface area (TPSA) is 0 Å². The van der Waals surface area contributed by atoms with Crippen molar-refractivity contribution in [2.24, 2.45) is 0 Å². The maximum absolute atomic E-state index is 12.1. The van der Waals surface area contributed by atoms with E-state index in [4.69, 9.17) is 0 Å². The van der Waals surface area contributed by atoms with Gasteiger partial charge >= 0.3 is 110 Å². The second-order valence-corrected chi connectivity index (χ2v) is 5.98. The number of halogens is 3. The zero-order chi connectivity index (χ0) is 13.0. The van der Waals surface area contributed by atoms with Gasteiger partial charge in [0.1, 0.15) is 0 Å². The maximum atomic E-state index is 12.1. The first-order valence-electron chi connectivity index (χ1n) is 5.40. The van der Waals surface area contributed by atoms with Crippen molar-refractivity contribution in [2.75, 3.05) is 0 Å². The van der Waals surface area contributed by atoms with E-state index >= 15 is 0 Å². The summed E-state index contributed by atoms with van der Waals surface area (Å²) in [6.07, 6.45) is 0. The Morgan fingerprint density at radius 2 is 1.33 bits per heavy atom. The van der Waals surface area contributed by atoms with E-state index in [-0.39, 0.29) is 5.32 Å². The van der Waals surface area contributed by atoms with Crippen molar-refractivity contribution in [2.45, 2.75) is 10.4 Å². The van der Waals surface area contributed by atoms with Crippen LogP contribution < -0.4 is 0 Å². The van der Waals surface area contributed by atoms with Crippen molar-refractivity contribution in [1.29, 1.82) is 0 Å². The third kappa shape index (κ3) is 3.90. The number of rotatable bonds is 3. The molecule has 0 heterocycles. The fourth-order valence-corrected chi connectivity index (χ4v) is 2.69. The molecule has 0 unspecified atom stereocenters. The average molecular weight is 315 g/mol. The van der Waals surface area contributed by atoms with E-state index < -0.39 is 20.0 Å². The molecule has 2 aromatic carbocycles. The van der Waals surface area contributed by atoms with Gasteiger partial charge in [0.25, 0.3) is 0 Å². The number of alkyl halides is 3. The second kappa shape index (κ2) is 5.59. The zero-order valence-electron chi connectivity index (χ0n) is 9.45. The van der Waals surface area contributed by atoms with Crippen LogP contribution in [0.4, 0.5) is 13.2 Å². The molecule has 18 heavy (non-hydrogen) atoms. The van der Waals surface area contributed by atoms with Gasteiger partial charge in [0.05, 0.1) is 0 Å². The van der Waals surface area contributed by atoms with Crippen LogP contribution >= 0.6 is 0 Å². The van der Waals surface area contributed by atoms with E-state index in [1.807, 2.05) is 42.5 Å². The van der Waals surface area contributed by atoms with Crippen LogP contribution in [-0.2, 0) is 5.32 Å². The summed E-state index contributed by atoms with van der Waals surface area (Å²) in [6, 6.07) is 17.1. The molecule has 4 heteroatoms. The van der Waals surface area contributed by atoms with Gasteiger partial charge in [-0.1, -0.05) is 0 Å². The summed E-state index contributed by atoms with van der Waals surface area (Å²) in [6.45, 7) is 0. The first kappa shape index (κ1) is 13.2. The van der Waals surface area contributed by atoms with Crippen LogP contribution in [0.25, 0.3) is 11.1 Å². The van der Waals surface area contributed by atoms with Gasteiger partial charge in [-0.25, -0.2) is 0 Å². The van der Waals surface area contributed by atoms with E-state index in [2.05, 4.69) is 0 Å². The van der Waals surface area contributed by atoms with Crippen LogP contribution in [0.5, 0.6) is 0 Å². The van der Waals surface area contributed by atoms with Gasteiger partial charge in [0.2, 0.25) is 0 Å². The number of hydrogen-bond acceptors (Lipinski definition) is 0. The Balaban J connectivity index is 2.07. The summed E-state index contributed by atoms with van der Waals surface area (Å²) in [7, 11) is 0. The van der Waals surface area contributed by atoms with Crippen LogP contribution in [0, 0.1) is 0 Å². The minimum atomic E-state index is -4.02. The van der Waals surface area contributed by atoms with Crippen molar-refractivity contribution >= 4 is 15.0 Å². The Morgan fingerprint density at radius 1 is 0.778 bits per heavy atom. The molecule has 0 aliphatic rings. The average Bonchev–Trinajstić information content (AvgIpc) is 2.37. The Morgan fingerprint density at radius 3 is 1.89 bits per heavy atom. The molecule has 0 atom stereocenters. The van der Waals surface area contributed by atoms with Gasteiger partial charge in [-0.3, -0.25) is 0 Å². The van der Waals surface area contributed by atoms with Crippen molar-refractivity contribution in [3.63, 3.8) is 0 Å². The van der Waals surface area contributed by atoms with Gasteiger partial charge in [-0.15, -0.1) is 0 Å². The first-order chi connectivity index (χ1) is 8.54. The van der Waals surface area contributed by atoms with E-state index in [9.17, 15) is 13.2 Å². The third-order valence-electron chi connectivity index (χ3n) is 2.46. The third-order valence-corrected chi connectivity index (χ3v) is 4.15. The first-order valence-corrected chi connectivity index (χ1v) is 7.46. The standard InChI is InChI=1S/C14H11F3Se/c15-14(16,17)18-10-11-6-8-13(9-7-11)12-4-2-1-3-5-12/h1-9H,10H2. The predicted molar refractivity (Wildman–Crippen MR) is 67.4 cm³/mol. The van der Waals surface area contributed by atoms with Gasteiger partial charge < -0.3 is 0 Å². The Kier molecular flexibility index (Phi) is 4.10. The monoisotopic (exact) mass is 316 g/mol. The quantitative estimate of drug-likeness (QED) is 0.749. The van der Waals surface area contributed by atoms with Crippen molar-refractivity contribution in [1.82, 2.24) is 0 Å². The molecule has 0 radical (unpaired) electrons. The predicted octanol–water partition coefficient (Wildman–Crippen LogP) is 4.08. The van der Waals surface area contributed by atoms with Gasteiger partial charge in [0, 0.05) is 0 Å². The second-order valence-electron chi connectivity index (χ2n) is 3.80. The summed E-state index contributed by atoms with van der Waals surface area (Å²) in [4.78, 5) is 0.